The standard InChI is InChI=1S/C16H19ClN2OS/c1-10(2)14-8-12(9-15(17)19-14)16(20)18-11(3)7-13-5-4-6-21-13/h4-6,8-11H,7H2,1-3H3,(H,18,20). The fraction of sp³-hybridized carbons (Fsp3) is 0.375. The average molecular weight is 323 g/mol. The van der Waals surface area contributed by atoms with E-state index in [-0.39, 0.29) is 17.9 Å². The van der Waals surface area contributed by atoms with E-state index in [0.29, 0.717) is 10.7 Å². The molecule has 0 aliphatic rings. The molecular weight excluding hydrogens is 304 g/mol. The van der Waals surface area contributed by atoms with Gasteiger partial charge in [0.1, 0.15) is 5.15 Å². The highest BCUT2D eigenvalue weighted by Gasteiger charge is 2.14. The topological polar surface area (TPSA) is 42.0 Å². The number of rotatable bonds is 5. The summed E-state index contributed by atoms with van der Waals surface area (Å²) in [4.78, 5) is 17.8. The summed E-state index contributed by atoms with van der Waals surface area (Å²) in [5.41, 5.74) is 1.40. The van der Waals surface area contributed by atoms with Gasteiger partial charge in [0.2, 0.25) is 0 Å². The quantitative estimate of drug-likeness (QED) is 0.835. The number of amides is 1. The third kappa shape index (κ3) is 4.55. The SMILES string of the molecule is CC(Cc1cccs1)NC(=O)c1cc(Cl)nc(C(C)C)c1. The van der Waals surface area contributed by atoms with Crippen molar-refractivity contribution in [3.05, 3.63) is 50.9 Å². The first-order chi connectivity index (χ1) is 9.95. The van der Waals surface area contributed by atoms with E-state index in [9.17, 15) is 4.79 Å². The molecule has 2 aromatic rings. The van der Waals surface area contributed by atoms with E-state index in [1.54, 1.807) is 17.4 Å². The number of hydrogen-bond donors (Lipinski definition) is 1. The van der Waals surface area contributed by atoms with Crippen molar-refractivity contribution >= 4 is 28.8 Å². The van der Waals surface area contributed by atoms with Crippen LogP contribution in [-0.4, -0.2) is 16.9 Å². The van der Waals surface area contributed by atoms with Gasteiger partial charge in [-0.15, -0.1) is 11.3 Å². The van der Waals surface area contributed by atoms with Crippen LogP contribution in [0.1, 0.15) is 47.6 Å². The van der Waals surface area contributed by atoms with Crippen molar-refractivity contribution in [3.63, 3.8) is 0 Å². The van der Waals surface area contributed by atoms with Crippen molar-refractivity contribution in [2.45, 2.75) is 39.2 Å². The van der Waals surface area contributed by atoms with Gasteiger partial charge in [0, 0.05) is 28.6 Å². The number of nitrogens with zero attached hydrogens (tertiary/aromatic N) is 1. The molecule has 2 rings (SSSR count). The molecule has 2 heterocycles. The number of thiophene rings is 1. The van der Waals surface area contributed by atoms with E-state index in [0.717, 1.165) is 12.1 Å². The smallest absolute Gasteiger partial charge is 0.251 e. The molecule has 1 atom stereocenters. The van der Waals surface area contributed by atoms with Crippen molar-refractivity contribution < 1.29 is 4.79 Å². The Morgan fingerprint density at radius 1 is 1.38 bits per heavy atom. The zero-order chi connectivity index (χ0) is 15.4. The molecular formula is C16H19ClN2OS. The second-order valence-corrected chi connectivity index (χ2v) is 6.84. The lowest BCUT2D eigenvalue weighted by atomic mass is 10.1. The van der Waals surface area contributed by atoms with Gasteiger partial charge in [-0.2, -0.15) is 0 Å². The average Bonchev–Trinajstić information content (AvgIpc) is 2.90. The Labute approximate surface area is 134 Å². The molecule has 112 valence electrons. The zero-order valence-corrected chi connectivity index (χ0v) is 14.0. The molecule has 1 amide bonds. The normalized spacial score (nSPS) is 12.4. The van der Waals surface area contributed by atoms with Crippen LogP contribution in [0.2, 0.25) is 5.15 Å². The van der Waals surface area contributed by atoms with E-state index >= 15 is 0 Å². The summed E-state index contributed by atoms with van der Waals surface area (Å²) < 4.78 is 0. The summed E-state index contributed by atoms with van der Waals surface area (Å²) in [5.74, 6) is 0.129. The molecule has 21 heavy (non-hydrogen) atoms. The summed E-state index contributed by atoms with van der Waals surface area (Å²) >= 11 is 7.70. The monoisotopic (exact) mass is 322 g/mol. The van der Waals surface area contributed by atoms with Gasteiger partial charge in [-0.05, 0) is 36.4 Å². The predicted molar refractivity (Wildman–Crippen MR) is 88.3 cm³/mol. The Morgan fingerprint density at radius 3 is 2.76 bits per heavy atom. The number of pyridine rings is 1. The highest BCUT2D eigenvalue weighted by Crippen LogP contribution is 2.18. The third-order valence-electron chi connectivity index (χ3n) is 3.13. The summed E-state index contributed by atoms with van der Waals surface area (Å²) in [5, 5.41) is 5.41. The molecule has 0 aliphatic heterocycles. The second kappa shape index (κ2) is 7.05. The molecule has 0 aromatic carbocycles. The fourth-order valence-corrected chi connectivity index (χ4v) is 3.08. The van der Waals surface area contributed by atoms with Crippen molar-refractivity contribution in [1.82, 2.24) is 10.3 Å². The minimum Gasteiger partial charge on any atom is -0.349 e. The van der Waals surface area contributed by atoms with Crippen LogP contribution < -0.4 is 5.32 Å². The van der Waals surface area contributed by atoms with Crippen molar-refractivity contribution in [3.8, 4) is 0 Å². The zero-order valence-electron chi connectivity index (χ0n) is 12.4. The number of carbonyl (C=O) groups excluding carboxylic acids is 1. The van der Waals surface area contributed by atoms with E-state index in [1.165, 1.54) is 4.88 Å². The summed E-state index contributed by atoms with van der Waals surface area (Å²) in [7, 11) is 0. The fourth-order valence-electron chi connectivity index (χ4n) is 2.03. The Hall–Kier alpha value is -1.39. The maximum Gasteiger partial charge on any atom is 0.251 e. The maximum absolute atomic E-state index is 12.3. The lowest BCUT2D eigenvalue weighted by molar-refractivity contribution is 0.0940. The van der Waals surface area contributed by atoms with Gasteiger partial charge in [-0.25, -0.2) is 4.98 Å². The van der Waals surface area contributed by atoms with Crippen LogP contribution in [0.4, 0.5) is 0 Å². The van der Waals surface area contributed by atoms with Crippen LogP contribution in [0.25, 0.3) is 0 Å². The molecule has 2 aromatic heterocycles. The Bertz CT molecular complexity index is 611. The molecule has 0 saturated carbocycles. The molecule has 5 heteroatoms. The Kier molecular flexibility index (Phi) is 5.37. The van der Waals surface area contributed by atoms with Gasteiger partial charge in [0.05, 0.1) is 0 Å². The van der Waals surface area contributed by atoms with Gasteiger partial charge in [0.25, 0.3) is 5.91 Å². The van der Waals surface area contributed by atoms with E-state index in [1.807, 2.05) is 38.3 Å². The van der Waals surface area contributed by atoms with E-state index < -0.39 is 0 Å². The summed E-state index contributed by atoms with van der Waals surface area (Å²) in [6.07, 6.45) is 0.833. The van der Waals surface area contributed by atoms with Crippen molar-refractivity contribution in [1.29, 1.82) is 0 Å². The van der Waals surface area contributed by atoms with Gasteiger partial charge < -0.3 is 5.32 Å². The predicted octanol–water partition coefficient (Wildman–Crippen LogP) is 4.28. The second-order valence-electron chi connectivity index (χ2n) is 5.42. The molecule has 0 spiro atoms. The third-order valence-corrected chi connectivity index (χ3v) is 4.22. The van der Waals surface area contributed by atoms with Gasteiger partial charge in [0.15, 0.2) is 0 Å². The molecule has 0 aliphatic carbocycles. The minimum atomic E-state index is -0.106. The van der Waals surface area contributed by atoms with Crippen LogP contribution in [0, 0.1) is 0 Å². The van der Waals surface area contributed by atoms with Gasteiger partial charge in [-0.1, -0.05) is 31.5 Å². The number of hydrogen-bond acceptors (Lipinski definition) is 3. The molecule has 3 nitrogen and oxygen atoms in total. The Morgan fingerprint density at radius 2 is 2.14 bits per heavy atom. The first kappa shape index (κ1) is 16.0. The van der Waals surface area contributed by atoms with Crippen LogP contribution in [0.15, 0.2) is 29.6 Å². The first-order valence-corrected chi connectivity index (χ1v) is 8.22. The molecule has 0 radical (unpaired) electrons. The van der Waals surface area contributed by atoms with Crippen LogP contribution in [0.5, 0.6) is 0 Å². The number of aromatic nitrogens is 1. The van der Waals surface area contributed by atoms with Crippen molar-refractivity contribution in [2.75, 3.05) is 0 Å². The largest absolute Gasteiger partial charge is 0.349 e. The molecule has 0 fully saturated rings. The van der Waals surface area contributed by atoms with Gasteiger partial charge in [-0.3, -0.25) is 4.79 Å². The van der Waals surface area contributed by atoms with Crippen LogP contribution >= 0.6 is 22.9 Å². The van der Waals surface area contributed by atoms with E-state index in [2.05, 4.69) is 16.4 Å². The maximum atomic E-state index is 12.3. The molecule has 0 bridgehead atoms. The highest BCUT2D eigenvalue weighted by molar-refractivity contribution is 7.09. The molecule has 1 unspecified atom stereocenters. The summed E-state index contributed by atoms with van der Waals surface area (Å²) in [6, 6.07) is 7.59. The lowest BCUT2D eigenvalue weighted by Crippen LogP contribution is -2.34. The van der Waals surface area contributed by atoms with Crippen molar-refractivity contribution in [2.24, 2.45) is 0 Å². The van der Waals surface area contributed by atoms with E-state index in [4.69, 9.17) is 11.6 Å². The Balaban J connectivity index is 2.06. The minimum absolute atomic E-state index is 0.0746. The molecule has 0 saturated heterocycles. The number of halogens is 1. The molecule has 1 N–H and O–H groups in total. The van der Waals surface area contributed by atoms with Crippen LogP contribution in [-0.2, 0) is 6.42 Å². The number of carbonyl (C=O) groups is 1. The number of nitrogens with one attached hydrogen (secondary N) is 1. The lowest BCUT2D eigenvalue weighted by Gasteiger charge is -2.14. The highest BCUT2D eigenvalue weighted by atomic mass is 35.5. The summed E-state index contributed by atoms with van der Waals surface area (Å²) in [6.45, 7) is 6.06. The van der Waals surface area contributed by atoms with Crippen LogP contribution in [0.3, 0.4) is 0 Å². The first-order valence-electron chi connectivity index (χ1n) is 6.96. The van der Waals surface area contributed by atoms with Gasteiger partial charge >= 0.3 is 0 Å².